The second-order valence-electron chi connectivity index (χ2n) is 5.99. The zero-order chi connectivity index (χ0) is 16.5. The molecule has 4 rings (SSSR count). The highest BCUT2D eigenvalue weighted by Crippen LogP contribution is 2.25. The van der Waals surface area contributed by atoms with Crippen LogP contribution < -0.4 is 10.2 Å². The number of piperidine rings is 1. The van der Waals surface area contributed by atoms with Crippen molar-refractivity contribution in [1.29, 1.82) is 0 Å². The second kappa shape index (κ2) is 6.20. The van der Waals surface area contributed by atoms with Gasteiger partial charge in [-0.15, -0.1) is 11.3 Å². The SMILES string of the molecule is Cn1nnnc1N1CCC(NC(=O)c2cc3ccccc3s2)CC1. The molecule has 124 valence electrons. The summed E-state index contributed by atoms with van der Waals surface area (Å²) in [6.07, 6.45) is 1.78. The first-order valence-electron chi connectivity index (χ1n) is 7.97. The van der Waals surface area contributed by atoms with Crippen LogP contribution in [0.1, 0.15) is 22.5 Å². The summed E-state index contributed by atoms with van der Waals surface area (Å²) in [6.45, 7) is 1.68. The summed E-state index contributed by atoms with van der Waals surface area (Å²) in [5, 5.41) is 15.9. The minimum Gasteiger partial charge on any atom is -0.348 e. The van der Waals surface area contributed by atoms with E-state index in [1.807, 2.05) is 37.4 Å². The van der Waals surface area contributed by atoms with Gasteiger partial charge in [-0.25, -0.2) is 4.68 Å². The van der Waals surface area contributed by atoms with Crippen LogP contribution in [-0.4, -0.2) is 45.2 Å². The molecule has 1 fully saturated rings. The van der Waals surface area contributed by atoms with Gasteiger partial charge in [-0.2, -0.15) is 0 Å². The molecule has 1 amide bonds. The van der Waals surface area contributed by atoms with Gasteiger partial charge in [0.05, 0.1) is 4.88 Å². The lowest BCUT2D eigenvalue weighted by molar-refractivity contribution is 0.0935. The average molecular weight is 342 g/mol. The van der Waals surface area contributed by atoms with Crippen molar-refractivity contribution in [3.05, 3.63) is 35.2 Å². The van der Waals surface area contributed by atoms with E-state index >= 15 is 0 Å². The second-order valence-corrected chi connectivity index (χ2v) is 7.07. The van der Waals surface area contributed by atoms with Gasteiger partial charge in [-0.05, 0) is 40.8 Å². The molecular weight excluding hydrogens is 324 g/mol. The fraction of sp³-hybridized carbons (Fsp3) is 0.375. The Balaban J connectivity index is 1.38. The van der Waals surface area contributed by atoms with Gasteiger partial charge in [-0.3, -0.25) is 4.79 Å². The van der Waals surface area contributed by atoms with Crippen LogP contribution in [-0.2, 0) is 7.05 Å². The van der Waals surface area contributed by atoms with Crippen molar-refractivity contribution in [3.8, 4) is 0 Å². The van der Waals surface area contributed by atoms with Crippen LogP contribution in [0.25, 0.3) is 10.1 Å². The predicted molar refractivity (Wildman–Crippen MR) is 93.3 cm³/mol. The highest BCUT2D eigenvalue weighted by molar-refractivity contribution is 7.20. The number of nitrogens with one attached hydrogen (secondary N) is 1. The van der Waals surface area contributed by atoms with E-state index < -0.39 is 0 Å². The molecule has 0 spiro atoms. The number of anilines is 1. The van der Waals surface area contributed by atoms with Crippen molar-refractivity contribution in [2.75, 3.05) is 18.0 Å². The lowest BCUT2D eigenvalue weighted by Crippen LogP contribution is -2.45. The van der Waals surface area contributed by atoms with Gasteiger partial charge in [0.15, 0.2) is 0 Å². The van der Waals surface area contributed by atoms with Crippen LogP contribution in [0.4, 0.5) is 5.95 Å². The standard InChI is InChI=1S/C16H18N6OS/c1-21-16(18-19-20-21)22-8-6-12(7-9-22)17-15(23)14-10-11-4-2-3-5-13(11)24-14/h2-5,10,12H,6-9H2,1H3,(H,17,23). The van der Waals surface area contributed by atoms with Gasteiger partial charge in [0.1, 0.15) is 0 Å². The van der Waals surface area contributed by atoms with Crippen molar-refractivity contribution in [2.24, 2.45) is 7.05 Å². The highest BCUT2D eigenvalue weighted by atomic mass is 32.1. The van der Waals surface area contributed by atoms with Gasteiger partial charge < -0.3 is 10.2 Å². The number of carbonyl (C=O) groups excluding carboxylic acids is 1. The minimum absolute atomic E-state index is 0.0231. The first-order valence-corrected chi connectivity index (χ1v) is 8.79. The highest BCUT2D eigenvalue weighted by Gasteiger charge is 2.24. The number of tetrazole rings is 1. The molecule has 0 unspecified atom stereocenters. The van der Waals surface area contributed by atoms with Gasteiger partial charge in [-0.1, -0.05) is 23.3 Å². The Kier molecular flexibility index (Phi) is 3.89. The van der Waals surface area contributed by atoms with Crippen LogP contribution in [0.15, 0.2) is 30.3 Å². The summed E-state index contributed by atoms with van der Waals surface area (Å²) in [5.74, 6) is 0.805. The van der Waals surface area contributed by atoms with Crippen LogP contribution in [0.2, 0.25) is 0 Å². The van der Waals surface area contributed by atoms with E-state index in [9.17, 15) is 4.79 Å². The van der Waals surface area contributed by atoms with Gasteiger partial charge in [0.25, 0.3) is 5.91 Å². The quantitative estimate of drug-likeness (QED) is 0.786. The van der Waals surface area contributed by atoms with Crippen molar-refractivity contribution in [3.63, 3.8) is 0 Å². The van der Waals surface area contributed by atoms with Gasteiger partial charge in [0.2, 0.25) is 5.95 Å². The lowest BCUT2D eigenvalue weighted by atomic mass is 10.1. The van der Waals surface area contributed by atoms with E-state index in [0.717, 1.165) is 46.8 Å². The maximum absolute atomic E-state index is 12.5. The largest absolute Gasteiger partial charge is 0.348 e. The minimum atomic E-state index is 0.0231. The Morgan fingerprint density at radius 1 is 1.29 bits per heavy atom. The fourth-order valence-corrected chi connectivity index (χ4v) is 4.03. The van der Waals surface area contributed by atoms with E-state index in [4.69, 9.17) is 0 Å². The average Bonchev–Trinajstić information content (AvgIpc) is 3.21. The van der Waals surface area contributed by atoms with E-state index in [2.05, 4.69) is 25.7 Å². The van der Waals surface area contributed by atoms with E-state index in [-0.39, 0.29) is 11.9 Å². The molecule has 0 radical (unpaired) electrons. The first-order chi connectivity index (χ1) is 11.7. The number of fused-ring (bicyclic) bond motifs is 1. The summed E-state index contributed by atoms with van der Waals surface area (Å²) in [4.78, 5) is 15.4. The Labute approximate surface area is 143 Å². The van der Waals surface area contributed by atoms with Crippen LogP contribution in [0, 0.1) is 0 Å². The van der Waals surface area contributed by atoms with Crippen molar-refractivity contribution >= 4 is 33.3 Å². The maximum Gasteiger partial charge on any atom is 0.261 e. The molecule has 1 aromatic carbocycles. The zero-order valence-corrected chi connectivity index (χ0v) is 14.2. The number of aryl methyl sites for hydroxylation is 1. The summed E-state index contributed by atoms with van der Waals surface area (Å²) in [5.41, 5.74) is 0. The lowest BCUT2D eigenvalue weighted by Gasteiger charge is -2.32. The Morgan fingerprint density at radius 3 is 2.79 bits per heavy atom. The molecule has 3 heterocycles. The van der Waals surface area contributed by atoms with Crippen molar-refractivity contribution in [1.82, 2.24) is 25.5 Å². The summed E-state index contributed by atoms with van der Waals surface area (Å²) in [7, 11) is 1.84. The normalized spacial score (nSPS) is 15.8. The molecule has 0 aliphatic carbocycles. The molecule has 3 aromatic rings. The number of aromatic nitrogens is 4. The molecular formula is C16H18N6OS. The molecule has 1 saturated heterocycles. The van der Waals surface area contributed by atoms with Crippen LogP contribution in [0.3, 0.4) is 0 Å². The summed E-state index contributed by atoms with van der Waals surface area (Å²) < 4.78 is 2.82. The number of benzene rings is 1. The van der Waals surface area contributed by atoms with Crippen LogP contribution in [0.5, 0.6) is 0 Å². The maximum atomic E-state index is 12.5. The molecule has 8 heteroatoms. The third kappa shape index (κ3) is 2.84. The molecule has 0 atom stereocenters. The van der Waals surface area contributed by atoms with Crippen molar-refractivity contribution in [2.45, 2.75) is 18.9 Å². The number of rotatable bonds is 3. The Morgan fingerprint density at radius 2 is 2.08 bits per heavy atom. The fourth-order valence-electron chi connectivity index (χ4n) is 3.07. The zero-order valence-electron chi connectivity index (χ0n) is 13.3. The number of amides is 1. The van der Waals surface area contributed by atoms with Gasteiger partial charge in [0, 0.05) is 30.9 Å². The monoisotopic (exact) mass is 342 g/mol. The Bertz CT molecular complexity index is 831. The van der Waals surface area contributed by atoms with E-state index in [1.54, 1.807) is 16.0 Å². The summed E-state index contributed by atoms with van der Waals surface area (Å²) >= 11 is 1.54. The molecule has 0 bridgehead atoms. The number of hydrogen-bond donors (Lipinski definition) is 1. The first kappa shape index (κ1) is 15.1. The third-order valence-electron chi connectivity index (χ3n) is 4.36. The molecule has 7 nitrogen and oxygen atoms in total. The Hall–Kier alpha value is -2.48. The number of hydrogen-bond acceptors (Lipinski definition) is 6. The molecule has 1 aliphatic rings. The molecule has 24 heavy (non-hydrogen) atoms. The molecule has 2 aromatic heterocycles. The number of nitrogens with zero attached hydrogens (tertiary/aromatic N) is 5. The van der Waals surface area contributed by atoms with E-state index in [0.29, 0.717) is 0 Å². The van der Waals surface area contributed by atoms with E-state index in [1.165, 1.54) is 0 Å². The molecule has 1 N–H and O–H groups in total. The summed E-state index contributed by atoms with van der Waals surface area (Å²) in [6, 6.07) is 10.2. The smallest absolute Gasteiger partial charge is 0.261 e. The topological polar surface area (TPSA) is 75.9 Å². The van der Waals surface area contributed by atoms with Crippen molar-refractivity contribution < 1.29 is 4.79 Å². The number of carbonyl (C=O) groups is 1. The molecule has 0 saturated carbocycles. The van der Waals surface area contributed by atoms with Gasteiger partial charge >= 0.3 is 0 Å². The third-order valence-corrected chi connectivity index (χ3v) is 5.47. The number of thiophene rings is 1. The predicted octanol–water partition coefficient (Wildman–Crippen LogP) is 1.82. The molecule has 1 aliphatic heterocycles. The van der Waals surface area contributed by atoms with Crippen LogP contribution >= 0.6 is 11.3 Å².